The van der Waals surface area contributed by atoms with Gasteiger partial charge in [-0.25, -0.2) is 4.98 Å². The predicted molar refractivity (Wildman–Crippen MR) is 120 cm³/mol. The van der Waals surface area contributed by atoms with Gasteiger partial charge in [-0.2, -0.15) is 5.26 Å². The normalized spacial score (nSPS) is 14.1. The summed E-state index contributed by atoms with van der Waals surface area (Å²) < 4.78 is 6.39. The number of esters is 1. The van der Waals surface area contributed by atoms with E-state index in [-0.39, 0.29) is 12.1 Å². The highest BCUT2D eigenvalue weighted by molar-refractivity contribution is 7.16. The number of fused-ring (bicyclic) bond motifs is 2. The maximum atomic E-state index is 12.6. The number of nitrogens with zero attached hydrogens (tertiary/aromatic N) is 3. The van der Waals surface area contributed by atoms with Crippen LogP contribution in [0.15, 0.2) is 35.4 Å². The number of aryl methyl sites for hydroxylation is 1. The first-order valence-electron chi connectivity index (χ1n) is 10.5. The minimum Gasteiger partial charge on any atom is -0.451 e. The van der Waals surface area contributed by atoms with Crippen LogP contribution in [-0.2, 0) is 33.7 Å². The van der Waals surface area contributed by atoms with E-state index in [9.17, 15) is 19.6 Å². The fourth-order valence-corrected chi connectivity index (χ4v) is 5.05. The predicted octanol–water partition coefficient (Wildman–Crippen LogP) is 3.17. The van der Waals surface area contributed by atoms with Gasteiger partial charge >= 0.3 is 5.97 Å². The molecule has 0 bridgehead atoms. The van der Waals surface area contributed by atoms with Gasteiger partial charge in [0.2, 0.25) is 0 Å². The molecule has 0 fully saturated rings. The van der Waals surface area contributed by atoms with Crippen molar-refractivity contribution in [3.63, 3.8) is 0 Å². The number of carbonyl (C=O) groups is 2. The van der Waals surface area contributed by atoms with Crippen molar-refractivity contribution in [2.24, 2.45) is 0 Å². The first-order valence-corrected chi connectivity index (χ1v) is 11.3. The quantitative estimate of drug-likeness (QED) is 0.472. The van der Waals surface area contributed by atoms with Crippen LogP contribution in [0.1, 0.15) is 42.2 Å². The summed E-state index contributed by atoms with van der Waals surface area (Å²) in [6, 6.07) is 9.06. The second kappa shape index (κ2) is 9.32. The van der Waals surface area contributed by atoms with E-state index in [1.54, 1.807) is 24.3 Å². The number of hydrogen-bond donors (Lipinski definition) is 1. The average molecular weight is 451 g/mol. The summed E-state index contributed by atoms with van der Waals surface area (Å²) in [5.41, 5.74) is 1.71. The van der Waals surface area contributed by atoms with Crippen LogP contribution in [0, 0.1) is 11.3 Å². The number of rotatable bonds is 5. The summed E-state index contributed by atoms with van der Waals surface area (Å²) in [7, 11) is 0. The summed E-state index contributed by atoms with van der Waals surface area (Å²) in [6.07, 6.45) is 5.18. The maximum absolute atomic E-state index is 12.6. The van der Waals surface area contributed by atoms with Crippen LogP contribution in [0.3, 0.4) is 0 Å². The highest BCUT2D eigenvalue weighted by Gasteiger charge is 2.24. The Hall–Kier alpha value is -3.51. The summed E-state index contributed by atoms with van der Waals surface area (Å²) in [5.74, 6) is -1.25. The lowest BCUT2D eigenvalue weighted by atomic mass is 10.1. The SMILES string of the molecule is CC(OC(=O)Cn1cnc2ccccc2c1=O)C(=O)Nc1sc2c(c1C#N)CCCCC2. The molecule has 0 saturated carbocycles. The van der Waals surface area contributed by atoms with Crippen molar-refractivity contribution in [2.45, 2.75) is 51.7 Å². The molecule has 1 aliphatic rings. The van der Waals surface area contributed by atoms with Crippen molar-refractivity contribution in [1.29, 1.82) is 5.26 Å². The Labute approximate surface area is 188 Å². The lowest BCUT2D eigenvalue weighted by molar-refractivity contribution is -0.153. The van der Waals surface area contributed by atoms with Crippen LogP contribution < -0.4 is 10.9 Å². The van der Waals surface area contributed by atoms with Crippen LogP contribution in [0.4, 0.5) is 5.00 Å². The summed E-state index contributed by atoms with van der Waals surface area (Å²) >= 11 is 1.42. The first kappa shape index (κ1) is 21.7. The Morgan fingerprint density at radius 1 is 1.28 bits per heavy atom. The van der Waals surface area contributed by atoms with Gasteiger partial charge in [0.1, 0.15) is 17.6 Å². The molecule has 32 heavy (non-hydrogen) atoms. The van der Waals surface area contributed by atoms with Gasteiger partial charge in [-0.15, -0.1) is 11.3 Å². The summed E-state index contributed by atoms with van der Waals surface area (Å²) in [6.45, 7) is 1.10. The Kier molecular flexibility index (Phi) is 6.32. The van der Waals surface area contributed by atoms with E-state index >= 15 is 0 Å². The number of para-hydroxylation sites is 1. The molecule has 0 aliphatic heterocycles. The molecule has 1 unspecified atom stereocenters. The van der Waals surface area contributed by atoms with E-state index in [0.29, 0.717) is 21.5 Å². The van der Waals surface area contributed by atoms with Crippen molar-refractivity contribution in [1.82, 2.24) is 9.55 Å². The minimum absolute atomic E-state index is 0.356. The van der Waals surface area contributed by atoms with Gasteiger partial charge in [0.25, 0.3) is 11.5 Å². The van der Waals surface area contributed by atoms with Gasteiger partial charge in [-0.3, -0.25) is 19.0 Å². The molecule has 9 heteroatoms. The molecule has 1 N–H and O–H groups in total. The lowest BCUT2D eigenvalue weighted by Gasteiger charge is -2.14. The number of carbonyl (C=O) groups excluding carboxylic acids is 2. The average Bonchev–Trinajstić information content (AvgIpc) is 2.94. The number of anilines is 1. The Morgan fingerprint density at radius 3 is 2.88 bits per heavy atom. The minimum atomic E-state index is -1.08. The number of aromatic nitrogens is 2. The summed E-state index contributed by atoms with van der Waals surface area (Å²) in [4.78, 5) is 42.8. The third kappa shape index (κ3) is 4.41. The summed E-state index contributed by atoms with van der Waals surface area (Å²) in [5, 5.41) is 13.2. The molecule has 4 rings (SSSR count). The van der Waals surface area contributed by atoms with Gasteiger partial charge in [0.15, 0.2) is 6.10 Å². The fourth-order valence-electron chi connectivity index (χ4n) is 3.81. The largest absolute Gasteiger partial charge is 0.451 e. The topological polar surface area (TPSA) is 114 Å². The molecule has 1 atom stereocenters. The Bertz CT molecular complexity index is 1290. The number of benzene rings is 1. The maximum Gasteiger partial charge on any atom is 0.326 e. The van der Waals surface area contributed by atoms with Crippen LogP contribution in [0.2, 0.25) is 0 Å². The fraction of sp³-hybridized carbons (Fsp3) is 0.348. The molecule has 1 amide bonds. The molecular formula is C23H22N4O4S. The molecule has 2 heterocycles. The highest BCUT2D eigenvalue weighted by Crippen LogP contribution is 2.37. The van der Waals surface area contributed by atoms with Gasteiger partial charge in [-0.05, 0) is 50.3 Å². The number of nitrogens with one attached hydrogen (secondary N) is 1. The van der Waals surface area contributed by atoms with Crippen molar-refractivity contribution in [2.75, 3.05) is 5.32 Å². The first-order chi connectivity index (χ1) is 15.5. The lowest BCUT2D eigenvalue weighted by Crippen LogP contribution is -2.33. The van der Waals surface area contributed by atoms with Gasteiger partial charge in [0.05, 0.1) is 22.8 Å². The van der Waals surface area contributed by atoms with E-state index in [1.165, 1.54) is 24.6 Å². The second-order valence-corrected chi connectivity index (χ2v) is 8.80. The van der Waals surface area contributed by atoms with Gasteiger partial charge < -0.3 is 10.1 Å². The number of thiophene rings is 1. The van der Waals surface area contributed by atoms with Crippen molar-refractivity contribution in [3.05, 3.63) is 57.0 Å². The van der Waals surface area contributed by atoms with E-state index in [2.05, 4.69) is 16.4 Å². The molecule has 0 radical (unpaired) electrons. The van der Waals surface area contributed by atoms with Crippen LogP contribution in [-0.4, -0.2) is 27.5 Å². The van der Waals surface area contributed by atoms with E-state index in [0.717, 1.165) is 47.1 Å². The van der Waals surface area contributed by atoms with Gasteiger partial charge in [0, 0.05) is 4.88 Å². The third-order valence-corrected chi connectivity index (χ3v) is 6.69. The molecule has 3 aromatic rings. The number of hydrogen-bond acceptors (Lipinski definition) is 7. The second-order valence-electron chi connectivity index (χ2n) is 7.70. The van der Waals surface area contributed by atoms with Crippen molar-refractivity contribution >= 4 is 39.1 Å². The molecular weight excluding hydrogens is 428 g/mol. The molecule has 0 saturated heterocycles. The monoisotopic (exact) mass is 450 g/mol. The zero-order chi connectivity index (χ0) is 22.7. The molecule has 8 nitrogen and oxygen atoms in total. The molecule has 164 valence electrons. The molecule has 1 aliphatic carbocycles. The zero-order valence-corrected chi connectivity index (χ0v) is 18.4. The van der Waals surface area contributed by atoms with Crippen molar-refractivity contribution in [3.8, 4) is 6.07 Å². The van der Waals surface area contributed by atoms with Crippen LogP contribution >= 0.6 is 11.3 Å². The zero-order valence-electron chi connectivity index (χ0n) is 17.6. The Balaban J connectivity index is 1.42. The Morgan fingerprint density at radius 2 is 2.06 bits per heavy atom. The third-order valence-electron chi connectivity index (χ3n) is 5.48. The van der Waals surface area contributed by atoms with Crippen LogP contribution in [0.5, 0.6) is 0 Å². The van der Waals surface area contributed by atoms with Gasteiger partial charge in [-0.1, -0.05) is 18.6 Å². The number of nitriles is 1. The molecule has 0 spiro atoms. The smallest absolute Gasteiger partial charge is 0.326 e. The number of ether oxygens (including phenoxy) is 1. The standard InChI is InChI=1S/C23H22N4O4S/c1-14(21(29)26-22-17(11-24)15-7-3-2-4-10-19(15)32-22)31-20(28)12-27-13-25-18-9-6-5-8-16(18)23(27)30/h5-6,8-9,13-14H,2-4,7,10,12H2,1H3,(H,26,29). The van der Waals surface area contributed by atoms with E-state index < -0.39 is 18.0 Å². The molecule has 2 aromatic heterocycles. The number of amides is 1. The highest BCUT2D eigenvalue weighted by atomic mass is 32.1. The molecule has 1 aromatic carbocycles. The van der Waals surface area contributed by atoms with E-state index in [1.807, 2.05) is 0 Å². The van der Waals surface area contributed by atoms with Crippen LogP contribution in [0.25, 0.3) is 10.9 Å². The van der Waals surface area contributed by atoms with Crippen molar-refractivity contribution < 1.29 is 14.3 Å². The van der Waals surface area contributed by atoms with E-state index in [4.69, 9.17) is 4.74 Å².